The molecule has 0 aromatic heterocycles. The molecule has 5 rings (SSSR count). The molecule has 1 aliphatic rings. The van der Waals surface area contributed by atoms with E-state index >= 15 is 0 Å². The number of rotatable bonds is 5. The SMILES string of the molecule is Cc1ccc(S(=O)(=O)/N=C/[C@]2(c3ccccc3)N(C)c3ccccc3[C@@]2(C)c2ccccc2)cc1. The van der Waals surface area contributed by atoms with Crippen LogP contribution < -0.4 is 4.90 Å². The zero-order valence-corrected chi connectivity index (χ0v) is 20.9. The van der Waals surface area contributed by atoms with Crippen LogP contribution in [0.4, 0.5) is 5.69 Å². The van der Waals surface area contributed by atoms with Gasteiger partial charge in [0.1, 0.15) is 5.54 Å². The predicted octanol–water partition coefficient (Wildman–Crippen LogP) is 6.11. The summed E-state index contributed by atoms with van der Waals surface area (Å²) in [6.07, 6.45) is 1.64. The van der Waals surface area contributed by atoms with Crippen molar-refractivity contribution in [3.8, 4) is 0 Å². The second kappa shape index (κ2) is 8.51. The molecule has 2 atom stereocenters. The van der Waals surface area contributed by atoms with Gasteiger partial charge in [-0.2, -0.15) is 12.8 Å². The molecular weight excluding hydrogens is 452 g/mol. The summed E-state index contributed by atoms with van der Waals surface area (Å²) in [7, 11) is -1.89. The molecule has 4 aromatic rings. The van der Waals surface area contributed by atoms with Crippen LogP contribution in [0.2, 0.25) is 0 Å². The molecule has 5 heteroatoms. The smallest absolute Gasteiger partial charge is 0.282 e. The molecule has 0 amide bonds. The van der Waals surface area contributed by atoms with Crippen LogP contribution in [0.5, 0.6) is 0 Å². The van der Waals surface area contributed by atoms with Crippen LogP contribution in [-0.4, -0.2) is 21.7 Å². The van der Waals surface area contributed by atoms with Crippen molar-refractivity contribution in [3.05, 3.63) is 131 Å². The van der Waals surface area contributed by atoms with Gasteiger partial charge < -0.3 is 4.90 Å². The van der Waals surface area contributed by atoms with E-state index in [1.54, 1.807) is 30.5 Å². The number of anilines is 1. The quantitative estimate of drug-likeness (QED) is 0.324. The first kappa shape index (κ1) is 23.1. The summed E-state index contributed by atoms with van der Waals surface area (Å²) in [5.74, 6) is 0. The van der Waals surface area contributed by atoms with E-state index in [0.717, 1.165) is 27.9 Å². The molecule has 4 nitrogen and oxygen atoms in total. The van der Waals surface area contributed by atoms with Crippen LogP contribution in [-0.2, 0) is 21.0 Å². The molecule has 0 fully saturated rings. The van der Waals surface area contributed by atoms with Crippen molar-refractivity contribution in [1.29, 1.82) is 0 Å². The standard InChI is InChI=1S/C30H28N2O2S/c1-23-18-20-26(21-19-23)35(33,34)31-22-30(25-14-8-5-9-15-25)29(2,24-12-6-4-7-13-24)27-16-10-11-17-28(27)32(30)3/h4-22H,1-3H3/b31-22+/t29-,30-/m1/s1. The van der Waals surface area contributed by atoms with Crippen molar-refractivity contribution >= 4 is 21.9 Å². The van der Waals surface area contributed by atoms with Gasteiger partial charge in [0.15, 0.2) is 0 Å². The van der Waals surface area contributed by atoms with Gasteiger partial charge >= 0.3 is 0 Å². The lowest BCUT2D eigenvalue weighted by Crippen LogP contribution is -2.55. The third kappa shape index (κ3) is 3.50. The highest BCUT2D eigenvalue weighted by molar-refractivity contribution is 7.90. The number of para-hydroxylation sites is 1. The summed E-state index contributed by atoms with van der Waals surface area (Å²) < 4.78 is 31.1. The van der Waals surface area contributed by atoms with E-state index < -0.39 is 21.0 Å². The third-order valence-electron chi connectivity index (χ3n) is 7.36. The molecule has 176 valence electrons. The lowest BCUT2D eigenvalue weighted by molar-refractivity contribution is 0.405. The van der Waals surface area contributed by atoms with Gasteiger partial charge in [-0.25, -0.2) is 0 Å². The normalized spacial score (nSPS) is 21.9. The molecule has 0 saturated carbocycles. The number of hydrogen-bond acceptors (Lipinski definition) is 3. The summed E-state index contributed by atoms with van der Waals surface area (Å²) in [6.45, 7) is 4.11. The summed E-state index contributed by atoms with van der Waals surface area (Å²) in [4.78, 5) is 2.35. The fourth-order valence-corrected chi connectivity index (χ4v) is 6.34. The Morgan fingerprint density at radius 3 is 1.91 bits per heavy atom. The molecule has 0 spiro atoms. The number of fused-ring (bicyclic) bond motifs is 1. The van der Waals surface area contributed by atoms with Gasteiger partial charge in [-0.15, -0.1) is 0 Å². The summed E-state index contributed by atoms with van der Waals surface area (Å²) in [6, 6.07) is 35.4. The summed E-state index contributed by atoms with van der Waals surface area (Å²) in [5.41, 5.74) is 3.70. The van der Waals surface area contributed by atoms with Gasteiger partial charge in [0.05, 0.1) is 10.3 Å². The van der Waals surface area contributed by atoms with Gasteiger partial charge in [-0.3, -0.25) is 0 Å². The second-order valence-corrected chi connectivity index (χ2v) is 10.9. The Balaban J connectivity index is 1.81. The van der Waals surface area contributed by atoms with E-state index in [9.17, 15) is 8.42 Å². The van der Waals surface area contributed by atoms with Crippen molar-refractivity contribution in [1.82, 2.24) is 0 Å². The number of aryl methyl sites for hydroxylation is 1. The number of hydrogen-bond donors (Lipinski definition) is 0. The second-order valence-electron chi connectivity index (χ2n) is 9.22. The molecular formula is C30H28N2O2S. The largest absolute Gasteiger partial charge is 0.359 e. The molecule has 0 aliphatic carbocycles. The minimum absolute atomic E-state index is 0.183. The number of nitrogens with zero attached hydrogens (tertiary/aromatic N) is 2. The van der Waals surface area contributed by atoms with Gasteiger partial charge in [-0.05, 0) is 48.7 Å². The first-order chi connectivity index (χ1) is 16.8. The molecule has 0 N–H and O–H groups in total. The fourth-order valence-electron chi connectivity index (χ4n) is 5.45. The minimum atomic E-state index is -3.91. The van der Waals surface area contributed by atoms with Crippen LogP contribution >= 0.6 is 0 Å². The Morgan fingerprint density at radius 2 is 1.29 bits per heavy atom. The lowest BCUT2D eigenvalue weighted by Gasteiger charge is -2.46. The number of sulfonamides is 1. The fraction of sp³-hybridized carbons (Fsp3) is 0.167. The molecule has 0 saturated heterocycles. The number of benzene rings is 4. The molecule has 0 unspecified atom stereocenters. The van der Waals surface area contributed by atoms with Crippen molar-refractivity contribution < 1.29 is 8.42 Å². The molecule has 0 radical (unpaired) electrons. The summed E-state index contributed by atoms with van der Waals surface area (Å²) >= 11 is 0. The zero-order chi connectivity index (χ0) is 24.7. The zero-order valence-electron chi connectivity index (χ0n) is 20.1. The van der Waals surface area contributed by atoms with Crippen molar-refractivity contribution in [2.75, 3.05) is 11.9 Å². The van der Waals surface area contributed by atoms with Crippen molar-refractivity contribution in [2.24, 2.45) is 4.40 Å². The van der Waals surface area contributed by atoms with Gasteiger partial charge in [-0.1, -0.05) is 96.6 Å². The maximum atomic E-state index is 13.4. The lowest BCUT2D eigenvalue weighted by atomic mass is 9.62. The third-order valence-corrected chi connectivity index (χ3v) is 8.61. The monoisotopic (exact) mass is 480 g/mol. The predicted molar refractivity (Wildman–Crippen MR) is 143 cm³/mol. The summed E-state index contributed by atoms with van der Waals surface area (Å²) in [5, 5.41) is 0. The van der Waals surface area contributed by atoms with Crippen molar-refractivity contribution in [2.45, 2.75) is 29.7 Å². The van der Waals surface area contributed by atoms with E-state index in [-0.39, 0.29) is 4.90 Å². The van der Waals surface area contributed by atoms with Gasteiger partial charge in [0, 0.05) is 18.9 Å². The van der Waals surface area contributed by atoms with E-state index in [2.05, 4.69) is 40.5 Å². The molecule has 0 bridgehead atoms. The maximum Gasteiger partial charge on any atom is 0.282 e. The van der Waals surface area contributed by atoms with Crippen LogP contribution in [0, 0.1) is 6.92 Å². The van der Waals surface area contributed by atoms with E-state index in [0.29, 0.717) is 0 Å². The maximum absolute atomic E-state index is 13.4. The molecule has 1 aliphatic heterocycles. The van der Waals surface area contributed by atoms with E-state index in [4.69, 9.17) is 0 Å². The van der Waals surface area contributed by atoms with Crippen LogP contribution in [0.3, 0.4) is 0 Å². The minimum Gasteiger partial charge on any atom is -0.359 e. The highest BCUT2D eigenvalue weighted by Gasteiger charge is 2.59. The Morgan fingerprint density at radius 1 is 0.743 bits per heavy atom. The highest BCUT2D eigenvalue weighted by atomic mass is 32.2. The topological polar surface area (TPSA) is 49.7 Å². The van der Waals surface area contributed by atoms with Crippen LogP contribution in [0.1, 0.15) is 29.2 Å². The average molecular weight is 481 g/mol. The Bertz CT molecular complexity index is 1480. The first-order valence-electron chi connectivity index (χ1n) is 11.6. The Kier molecular flexibility index (Phi) is 5.60. The molecule has 4 aromatic carbocycles. The number of likely N-dealkylation sites (N-methyl/N-ethyl adjacent to an activating group) is 1. The Labute approximate surface area is 207 Å². The van der Waals surface area contributed by atoms with Gasteiger partial charge in [0.25, 0.3) is 10.0 Å². The van der Waals surface area contributed by atoms with E-state index in [1.807, 2.05) is 74.6 Å². The average Bonchev–Trinajstić information content (AvgIpc) is 3.09. The first-order valence-corrected chi connectivity index (χ1v) is 13.1. The van der Waals surface area contributed by atoms with Gasteiger partial charge in [0.2, 0.25) is 0 Å². The van der Waals surface area contributed by atoms with Crippen molar-refractivity contribution in [3.63, 3.8) is 0 Å². The van der Waals surface area contributed by atoms with Crippen LogP contribution in [0.25, 0.3) is 0 Å². The van der Waals surface area contributed by atoms with E-state index in [1.165, 1.54) is 0 Å². The van der Waals surface area contributed by atoms with Crippen LogP contribution in [0.15, 0.2) is 118 Å². The highest BCUT2D eigenvalue weighted by Crippen LogP contribution is 2.58. The Hall–Kier alpha value is -3.70. The molecule has 35 heavy (non-hydrogen) atoms. The molecule has 1 heterocycles.